The molecular formula is C3F5+. The van der Waals surface area contributed by atoms with Gasteiger partial charge in [0, 0.05) is 0 Å². The molecule has 0 aliphatic heterocycles. The van der Waals surface area contributed by atoms with Crippen LogP contribution in [0.2, 0.25) is 0 Å². The van der Waals surface area contributed by atoms with Crippen LogP contribution in [0.3, 0.4) is 0 Å². The van der Waals surface area contributed by atoms with E-state index in [4.69, 9.17) is 0 Å². The highest BCUT2D eigenvalue weighted by Gasteiger charge is 2.32. The van der Waals surface area contributed by atoms with Crippen molar-refractivity contribution in [3.8, 4) is 0 Å². The molecule has 46 valence electrons. The molecule has 0 bridgehead atoms. The Kier molecular flexibility index (Phi) is 2.30. The van der Waals surface area contributed by atoms with E-state index in [1.54, 1.807) is 0 Å². The zero-order valence-electron chi connectivity index (χ0n) is 3.39. The van der Waals surface area contributed by atoms with Crippen LogP contribution in [0.1, 0.15) is 0 Å². The Balaban J connectivity index is 4.00. The molecule has 0 spiro atoms. The highest BCUT2D eigenvalue weighted by atomic mass is 19.3. The number of rotatable bonds is 1. The Labute approximate surface area is 41.6 Å². The highest BCUT2D eigenvalue weighted by molar-refractivity contribution is 5.04. The first-order valence-corrected chi connectivity index (χ1v) is 1.44. The van der Waals surface area contributed by atoms with E-state index in [0.717, 1.165) is 0 Å². The van der Waals surface area contributed by atoms with Gasteiger partial charge in [-0.25, -0.2) is 0 Å². The summed E-state index contributed by atoms with van der Waals surface area (Å²) in [6, 6.07) is 0. The molecule has 0 aromatic carbocycles. The summed E-state index contributed by atoms with van der Waals surface area (Å²) in [5, 5.41) is 0. The average molecular weight is 131 g/mol. The fraction of sp³-hybridized carbons (Fsp3) is 0. The van der Waals surface area contributed by atoms with Crippen molar-refractivity contribution in [2.75, 3.05) is 0 Å². The first-order chi connectivity index (χ1) is 3.55. The lowest BCUT2D eigenvalue weighted by molar-refractivity contribution is 0.255. The van der Waals surface area contributed by atoms with Gasteiger partial charge >= 0.3 is 18.3 Å². The highest BCUT2D eigenvalue weighted by Crippen LogP contribution is 2.22. The normalized spacial score (nSPS) is 8.62. The summed E-state index contributed by atoms with van der Waals surface area (Å²) in [7, 11) is 0. The zero-order valence-corrected chi connectivity index (χ0v) is 3.39. The fourth-order valence-corrected chi connectivity index (χ4v) is 0.0714. The third kappa shape index (κ3) is 1.81. The molecule has 0 heterocycles. The lowest BCUT2D eigenvalue weighted by Crippen LogP contribution is -1.80. The van der Waals surface area contributed by atoms with Crippen LogP contribution in [-0.2, 0) is 0 Å². The summed E-state index contributed by atoms with van der Waals surface area (Å²) in [5.74, 6) is -2.73. The van der Waals surface area contributed by atoms with Gasteiger partial charge in [0.15, 0.2) is 0 Å². The molecule has 0 fully saturated rings. The lowest BCUT2D eigenvalue weighted by atomic mass is 10.6. The van der Waals surface area contributed by atoms with Gasteiger partial charge in [-0.05, 0) is 17.6 Å². The van der Waals surface area contributed by atoms with Crippen molar-refractivity contribution < 1.29 is 22.0 Å². The molecule has 0 saturated heterocycles. The van der Waals surface area contributed by atoms with Crippen LogP contribution in [0, 0.1) is 6.43 Å². The second-order valence-corrected chi connectivity index (χ2v) is 0.835. The van der Waals surface area contributed by atoms with Crippen molar-refractivity contribution >= 4 is 0 Å². The number of hydrogen-bond acceptors (Lipinski definition) is 0. The minimum absolute atomic E-state index is 2.73. The second-order valence-electron chi connectivity index (χ2n) is 0.835. The maximum absolute atomic E-state index is 11.0. The van der Waals surface area contributed by atoms with Crippen molar-refractivity contribution in [2.24, 2.45) is 0 Å². The molecule has 0 aromatic heterocycles. The van der Waals surface area contributed by atoms with Crippen LogP contribution in [0.5, 0.6) is 0 Å². The van der Waals surface area contributed by atoms with E-state index in [0.29, 0.717) is 0 Å². The van der Waals surface area contributed by atoms with E-state index >= 15 is 0 Å². The topological polar surface area (TPSA) is 0 Å². The summed E-state index contributed by atoms with van der Waals surface area (Å²) in [6.07, 6.45) is -5.99. The van der Waals surface area contributed by atoms with Crippen LogP contribution < -0.4 is 0 Å². The summed E-state index contributed by atoms with van der Waals surface area (Å²) < 4.78 is 53.7. The van der Waals surface area contributed by atoms with E-state index in [1.807, 2.05) is 0 Å². The minimum Gasteiger partial charge on any atom is -0.146 e. The summed E-state index contributed by atoms with van der Waals surface area (Å²) >= 11 is 0. The van der Waals surface area contributed by atoms with E-state index in [1.165, 1.54) is 0 Å². The molecule has 0 N–H and O–H groups in total. The fourth-order valence-electron chi connectivity index (χ4n) is 0.0714. The van der Waals surface area contributed by atoms with Crippen LogP contribution in [-0.4, -0.2) is 0 Å². The largest absolute Gasteiger partial charge is 0.463 e. The number of allylic oxidation sites excluding steroid dienone is 1. The SMILES string of the molecule is FC(F)=C(F)[C+](F)F. The third-order valence-corrected chi connectivity index (χ3v) is 0.332. The smallest absolute Gasteiger partial charge is 0.146 e. The standard InChI is InChI=1S/C3F5/c4-1(2(5)6)3(7)8/q+1. The molecular weight excluding hydrogens is 131 g/mol. The van der Waals surface area contributed by atoms with Crippen LogP contribution in [0.4, 0.5) is 22.0 Å². The Hall–Kier alpha value is -0.740. The Morgan fingerprint density at radius 3 is 1.38 bits per heavy atom. The van der Waals surface area contributed by atoms with Gasteiger partial charge in [0.2, 0.25) is 0 Å². The molecule has 0 rings (SSSR count). The molecule has 0 atom stereocenters. The predicted octanol–water partition coefficient (Wildman–Crippen LogP) is 2.49. The summed E-state index contributed by atoms with van der Waals surface area (Å²) in [6.45, 7) is 0. The van der Waals surface area contributed by atoms with E-state index in [-0.39, 0.29) is 0 Å². The molecule has 0 aliphatic carbocycles. The van der Waals surface area contributed by atoms with Gasteiger partial charge in [0.25, 0.3) is 0 Å². The predicted molar refractivity (Wildman–Crippen MR) is 15.8 cm³/mol. The van der Waals surface area contributed by atoms with Gasteiger partial charge in [-0.1, -0.05) is 0 Å². The van der Waals surface area contributed by atoms with Crippen LogP contribution in [0.15, 0.2) is 11.9 Å². The van der Waals surface area contributed by atoms with Crippen LogP contribution in [0.25, 0.3) is 0 Å². The van der Waals surface area contributed by atoms with Crippen molar-refractivity contribution in [3.63, 3.8) is 0 Å². The van der Waals surface area contributed by atoms with Crippen molar-refractivity contribution in [1.29, 1.82) is 0 Å². The van der Waals surface area contributed by atoms with E-state index < -0.39 is 18.3 Å². The zero-order chi connectivity index (χ0) is 6.73. The van der Waals surface area contributed by atoms with E-state index in [9.17, 15) is 22.0 Å². The third-order valence-electron chi connectivity index (χ3n) is 0.332. The molecule has 5 heteroatoms. The van der Waals surface area contributed by atoms with Gasteiger partial charge in [0.1, 0.15) is 0 Å². The van der Waals surface area contributed by atoms with Crippen molar-refractivity contribution in [2.45, 2.75) is 0 Å². The summed E-state index contributed by atoms with van der Waals surface area (Å²) in [4.78, 5) is 0. The maximum atomic E-state index is 11.0. The maximum Gasteiger partial charge on any atom is 0.463 e. The lowest BCUT2D eigenvalue weighted by Gasteiger charge is -1.72. The number of halogens is 5. The van der Waals surface area contributed by atoms with Crippen molar-refractivity contribution in [3.05, 3.63) is 18.3 Å². The molecule has 8 heavy (non-hydrogen) atoms. The Morgan fingerprint density at radius 2 is 1.38 bits per heavy atom. The van der Waals surface area contributed by atoms with Gasteiger partial charge in [0.05, 0.1) is 0 Å². The second kappa shape index (κ2) is 2.54. The van der Waals surface area contributed by atoms with Gasteiger partial charge in [-0.3, -0.25) is 0 Å². The van der Waals surface area contributed by atoms with Gasteiger partial charge in [-0.15, -0.1) is 4.39 Å². The Morgan fingerprint density at radius 1 is 1.00 bits per heavy atom. The monoisotopic (exact) mass is 131 g/mol. The first-order valence-electron chi connectivity index (χ1n) is 1.44. The first kappa shape index (κ1) is 7.26. The Bertz CT molecular complexity index is 100. The van der Waals surface area contributed by atoms with Gasteiger partial charge < -0.3 is 0 Å². The molecule has 0 amide bonds. The van der Waals surface area contributed by atoms with Gasteiger partial charge in [-0.2, -0.15) is 0 Å². The van der Waals surface area contributed by atoms with Crippen LogP contribution >= 0.6 is 0 Å². The summed E-state index contributed by atoms with van der Waals surface area (Å²) in [5.41, 5.74) is 0. The molecule has 0 saturated carbocycles. The molecule has 0 aliphatic rings. The average Bonchev–Trinajstić information content (AvgIpc) is 1.64. The van der Waals surface area contributed by atoms with Crippen molar-refractivity contribution in [1.82, 2.24) is 0 Å². The molecule has 0 radical (unpaired) electrons. The molecule has 0 nitrogen and oxygen atoms in total. The van der Waals surface area contributed by atoms with E-state index in [2.05, 4.69) is 0 Å². The number of hydrogen-bond donors (Lipinski definition) is 0. The molecule has 0 aromatic rings. The quantitative estimate of drug-likeness (QED) is 0.378. The minimum atomic E-state index is -3.00. The molecule has 0 unspecified atom stereocenters.